The second-order valence-corrected chi connectivity index (χ2v) is 7.16. The van der Waals surface area contributed by atoms with Crippen LogP contribution in [0.25, 0.3) is 22.1 Å². The first kappa shape index (κ1) is 21.1. The van der Waals surface area contributed by atoms with Crippen molar-refractivity contribution in [3.8, 4) is 28.4 Å². The number of rotatable bonds is 4. The van der Waals surface area contributed by atoms with Gasteiger partial charge in [-0.15, -0.1) is 0 Å². The first-order chi connectivity index (χ1) is 14.8. The molecule has 1 saturated heterocycles. The summed E-state index contributed by atoms with van der Waals surface area (Å²) in [5.74, 6) is -0.612. The maximum absolute atomic E-state index is 12.8. The van der Waals surface area contributed by atoms with Crippen molar-refractivity contribution >= 4 is 11.0 Å². The molecule has 2 aromatic carbocycles. The fourth-order valence-electron chi connectivity index (χ4n) is 3.36. The lowest BCUT2D eigenvalue weighted by Crippen LogP contribution is -2.60. The predicted molar refractivity (Wildman–Crippen MR) is 106 cm³/mol. The van der Waals surface area contributed by atoms with Gasteiger partial charge in [0.15, 0.2) is 11.5 Å². The van der Waals surface area contributed by atoms with E-state index in [0.717, 1.165) is 12.1 Å². The van der Waals surface area contributed by atoms with Crippen molar-refractivity contribution in [1.29, 1.82) is 0 Å². The number of phenolic OH excluding ortho intramolecular Hbond substituents is 2. The van der Waals surface area contributed by atoms with Crippen molar-refractivity contribution in [2.45, 2.75) is 30.7 Å². The second kappa shape index (κ2) is 8.17. The number of aliphatic hydroxyl groups excluding tert-OH is 4. The van der Waals surface area contributed by atoms with Gasteiger partial charge in [-0.1, -0.05) is 12.1 Å². The summed E-state index contributed by atoms with van der Waals surface area (Å²) < 4.78 is 16.2. The van der Waals surface area contributed by atoms with Gasteiger partial charge in [0.2, 0.25) is 11.7 Å². The van der Waals surface area contributed by atoms with Crippen LogP contribution in [0.15, 0.2) is 51.9 Å². The number of benzene rings is 2. The topological polar surface area (TPSA) is 170 Å². The van der Waals surface area contributed by atoms with Gasteiger partial charge >= 0.3 is 0 Å². The Morgan fingerprint density at radius 2 is 1.61 bits per heavy atom. The lowest BCUT2D eigenvalue weighted by Gasteiger charge is -2.39. The van der Waals surface area contributed by atoms with Crippen LogP contribution in [0.5, 0.6) is 17.2 Å². The molecule has 5 atom stereocenters. The largest absolute Gasteiger partial charge is 0.504 e. The van der Waals surface area contributed by atoms with E-state index < -0.39 is 54.2 Å². The third-order valence-corrected chi connectivity index (χ3v) is 5.14. The van der Waals surface area contributed by atoms with Crippen LogP contribution in [0, 0.1) is 0 Å². The van der Waals surface area contributed by atoms with Crippen molar-refractivity contribution in [2.75, 3.05) is 6.61 Å². The molecule has 3 aromatic rings. The molecule has 1 fully saturated rings. The highest BCUT2D eigenvalue weighted by Crippen LogP contribution is 2.31. The molecule has 0 aliphatic carbocycles. The Hall–Kier alpha value is -3.15. The van der Waals surface area contributed by atoms with Crippen LogP contribution in [-0.2, 0) is 4.74 Å². The number of hydrogen-bond donors (Lipinski definition) is 6. The number of ether oxygens (including phenoxy) is 2. The van der Waals surface area contributed by atoms with Crippen LogP contribution in [-0.4, -0.2) is 68.0 Å². The van der Waals surface area contributed by atoms with Gasteiger partial charge in [0.1, 0.15) is 42.0 Å². The highest BCUT2D eigenvalue weighted by atomic mass is 16.7. The zero-order valence-corrected chi connectivity index (χ0v) is 16.0. The fourth-order valence-corrected chi connectivity index (χ4v) is 3.36. The zero-order valence-electron chi connectivity index (χ0n) is 16.0. The number of aliphatic hydroxyl groups is 4. The van der Waals surface area contributed by atoms with Gasteiger partial charge in [-0.25, -0.2) is 0 Å². The number of fused-ring (bicyclic) bond motifs is 1. The summed E-state index contributed by atoms with van der Waals surface area (Å²) in [5, 5.41) is 58.3. The maximum Gasteiger partial charge on any atom is 0.229 e. The average molecular weight is 432 g/mol. The van der Waals surface area contributed by atoms with Crippen molar-refractivity contribution in [3.63, 3.8) is 0 Å². The molecule has 164 valence electrons. The van der Waals surface area contributed by atoms with Gasteiger partial charge in [-0.3, -0.25) is 4.79 Å². The Balaban J connectivity index is 1.58. The quantitative estimate of drug-likeness (QED) is 0.310. The molecule has 4 rings (SSSR count). The predicted octanol–water partition coefficient (Wildman–Crippen LogP) is 0.0499. The fraction of sp³-hybridized carbons (Fsp3) is 0.286. The Morgan fingerprint density at radius 3 is 2.29 bits per heavy atom. The minimum absolute atomic E-state index is 0.0921. The summed E-state index contributed by atoms with van der Waals surface area (Å²) in [5.41, 5.74) is 0.382. The van der Waals surface area contributed by atoms with Crippen LogP contribution in [0.3, 0.4) is 0 Å². The van der Waals surface area contributed by atoms with E-state index in [1.165, 1.54) is 18.4 Å². The Labute approximate surface area is 174 Å². The molecule has 1 aromatic heterocycles. The summed E-state index contributed by atoms with van der Waals surface area (Å²) >= 11 is 0. The van der Waals surface area contributed by atoms with E-state index in [2.05, 4.69) is 0 Å². The highest BCUT2D eigenvalue weighted by Gasteiger charge is 2.44. The van der Waals surface area contributed by atoms with Crippen molar-refractivity contribution in [2.24, 2.45) is 0 Å². The molecule has 0 spiro atoms. The molecular weight excluding hydrogens is 412 g/mol. The molecular formula is C21H20O10. The molecule has 1 aliphatic rings. The number of phenols is 2. The summed E-state index contributed by atoms with van der Waals surface area (Å²) in [6, 6.07) is 8.36. The Morgan fingerprint density at radius 1 is 0.935 bits per heavy atom. The van der Waals surface area contributed by atoms with E-state index in [1.807, 2.05) is 0 Å². The lowest BCUT2D eigenvalue weighted by atomic mass is 9.99. The number of hydrogen-bond acceptors (Lipinski definition) is 10. The van der Waals surface area contributed by atoms with E-state index in [0.29, 0.717) is 5.56 Å². The molecule has 2 heterocycles. The zero-order chi connectivity index (χ0) is 22.3. The van der Waals surface area contributed by atoms with Crippen molar-refractivity contribution < 1.29 is 44.5 Å². The molecule has 10 heteroatoms. The molecule has 31 heavy (non-hydrogen) atoms. The minimum atomic E-state index is -1.56. The van der Waals surface area contributed by atoms with Crippen molar-refractivity contribution in [1.82, 2.24) is 0 Å². The molecule has 1 aliphatic heterocycles. The normalized spacial score (nSPS) is 26.1. The van der Waals surface area contributed by atoms with E-state index in [9.17, 15) is 35.4 Å². The molecule has 6 N–H and O–H groups in total. The molecule has 0 saturated carbocycles. The lowest BCUT2D eigenvalue weighted by molar-refractivity contribution is -0.277. The monoisotopic (exact) mass is 432 g/mol. The Kier molecular flexibility index (Phi) is 5.56. The third-order valence-electron chi connectivity index (χ3n) is 5.14. The van der Waals surface area contributed by atoms with E-state index in [4.69, 9.17) is 13.9 Å². The van der Waals surface area contributed by atoms with Gasteiger partial charge in [0.05, 0.1) is 17.6 Å². The van der Waals surface area contributed by atoms with Gasteiger partial charge < -0.3 is 44.5 Å². The summed E-state index contributed by atoms with van der Waals surface area (Å²) in [7, 11) is 0. The highest BCUT2D eigenvalue weighted by molar-refractivity contribution is 5.84. The third kappa shape index (κ3) is 3.82. The number of aromatic hydroxyl groups is 2. The first-order valence-corrected chi connectivity index (χ1v) is 9.35. The second-order valence-electron chi connectivity index (χ2n) is 7.16. The average Bonchev–Trinajstić information content (AvgIpc) is 2.76. The molecule has 3 unspecified atom stereocenters. The van der Waals surface area contributed by atoms with Gasteiger partial charge in [-0.2, -0.15) is 0 Å². The van der Waals surface area contributed by atoms with Crippen LogP contribution < -0.4 is 10.2 Å². The Bertz CT molecular complexity index is 1140. The van der Waals surface area contributed by atoms with E-state index in [1.54, 1.807) is 12.1 Å². The van der Waals surface area contributed by atoms with Gasteiger partial charge in [-0.05, 0) is 23.8 Å². The van der Waals surface area contributed by atoms with Crippen LogP contribution in [0.1, 0.15) is 0 Å². The molecule has 0 radical (unpaired) electrons. The minimum Gasteiger partial charge on any atom is -0.504 e. The SMILES string of the molecule is O=c1c(-c2ccc(O[C@H]3OC(CO)[C@H](O)C(O)C3O)cc2)coc2cc(O)c(O)cc12. The first-order valence-electron chi connectivity index (χ1n) is 9.35. The standard InChI is InChI=1S/C21H20O10/c22-7-16-18(26)19(27)20(28)21(31-16)30-10-3-1-9(2-4-10)12-8-29-15-6-14(24)13(23)5-11(15)17(12)25/h1-6,8,16,18-24,26-28H,7H2/t16?,18-,19?,20?,21-/m0/s1. The summed E-state index contributed by atoms with van der Waals surface area (Å²) in [6.45, 7) is -0.575. The summed E-state index contributed by atoms with van der Waals surface area (Å²) in [4.78, 5) is 12.8. The van der Waals surface area contributed by atoms with E-state index in [-0.39, 0.29) is 22.3 Å². The molecule has 0 bridgehead atoms. The smallest absolute Gasteiger partial charge is 0.229 e. The molecule has 10 nitrogen and oxygen atoms in total. The molecule has 0 amide bonds. The maximum atomic E-state index is 12.8. The van der Waals surface area contributed by atoms with Crippen molar-refractivity contribution in [3.05, 3.63) is 52.9 Å². The van der Waals surface area contributed by atoms with Gasteiger partial charge in [0, 0.05) is 6.07 Å². The van der Waals surface area contributed by atoms with Gasteiger partial charge in [0.25, 0.3) is 0 Å². The summed E-state index contributed by atoms with van der Waals surface area (Å²) in [6.07, 6.45) is -5.80. The van der Waals surface area contributed by atoms with E-state index >= 15 is 0 Å². The van der Waals surface area contributed by atoms with Crippen LogP contribution in [0.4, 0.5) is 0 Å². The van der Waals surface area contributed by atoms with Crippen LogP contribution in [0.2, 0.25) is 0 Å². The van der Waals surface area contributed by atoms with Crippen LogP contribution >= 0.6 is 0 Å².